The minimum Gasteiger partial charge on any atom is -0.388 e. The van der Waals surface area contributed by atoms with Crippen molar-refractivity contribution >= 4 is 5.97 Å². The van der Waals surface area contributed by atoms with Crippen LogP contribution in [-0.2, 0) is 14.4 Å². The molecule has 0 aliphatic carbocycles. The highest BCUT2D eigenvalue weighted by molar-refractivity contribution is 5.69. The zero-order chi connectivity index (χ0) is 26.9. The monoisotopic (exact) mass is 511 g/mol. The molecule has 214 valence electrons. The van der Waals surface area contributed by atoms with E-state index in [0.717, 1.165) is 38.7 Å². The molecule has 1 aliphatic heterocycles. The Labute approximate surface area is 224 Å². The second-order valence-corrected chi connectivity index (χ2v) is 13.2. The van der Waals surface area contributed by atoms with Crippen molar-refractivity contribution in [2.75, 3.05) is 13.2 Å². The third-order valence-corrected chi connectivity index (χ3v) is 7.49. The Balaban J connectivity index is 1.85. The predicted molar refractivity (Wildman–Crippen MR) is 151 cm³/mol. The molecule has 5 nitrogen and oxygen atoms in total. The summed E-state index contributed by atoms with van der Waals surface area (Å²) in [6.07, 6.45) is 23.0. The van der Waals surface area contributed by atoms with Gasteiger partial charge in [-0.1, -0.05) is 83.5 Å². The van der Waals surface area contributed by atoms with Gasteiger partial charge in [0.2, 0.25) is 0 Å². The first-order chi connectivity index (χ1) is 16.9. The van der Waals surface area contributed by atoms with Gasteiger partial charge in [0.25, 0.3) is 0 Å². The summed E-state index contributed by atoms with van der Waals surface area (Å²) >= 11 is 0. The van der Waals surface area contributed by atoms with E-state index in [0.29, 0.717) is 13.0 Å². The summed E-state index contributed by atoms with van der Waals surface area (Å²) in [6.45, 7) is 13.5. The van der Waals surface area contributed by atoms with Gasteiger partial charge >= 0.3 is 5.97 Å². The minimum absolute atomic E-state index is 0.0609. The zero-order valence-electron chi connectivity index (χ0n) is 25.0. The summed E-state index contributed by atoms with van der Waals surface area (Å²) in [6, 6.07) is 0. The van der Waals surface area contributed by atoms with Crippen molar-refractivity contribution < 1.29 is 19.5 Å². The van der Waals surface area contributed by atoms with Crippen molar-refractivity contribution in [1.29, 1.82) is 0 Å². The Kier molecular flexibility index (Phi) is 16.5. The molecule has 0 unspecified atom stereocenters. The van der Waals surface area contributed by atoms with Gasteiger partial charge in [0.1, 0.15) is 0 Å². The SMILES string of the molecule is CC(C)(O)COCCCCCCCCCCCCCCCCCC(=O)ON1C(C)(C)CCCC1(C)C. The number of carbonyl (C=O) groups excluding carboxylic acids is 1. The molecule has 1 N–H and O–H groups in total. The standard InChI is InChI=1S/C31H61NO4/c1-29(2)24-22-25-30(3,4)32(29)36-28(33)23-20-18-16-14-12-10-8-7-9-11-13-15-17-19-21-26-35-27-31(5,6)34/h34H,7-27H2,1-6H3. The van der Waals surface area contributed by atoms with Gasteiger partial charge in [-0.2, -0.15) is 0 Å². The van der Waals surface area contributed by atoms with E-state index in [1.807, 2.05) is 5.06 Å². The molecule has 0 aromatic carbocycles. The quantitative estimate of drug-likeness (QED) is 0.156. The topological polar surface area (TPSA) is 59.0 Å². The second kappa shape index (κ2) is 17.8. The average molecular weight is 512 g/mol. The van der Waals surface area contributed by atoms with Crippen LogP contribution in [0, 0.1) is 0 Å². The lowest BCUT2D eigenvalue weighted by Crippen LogP contribution is -2.58. The summed E-state index contributed by atoms with van der Waals surface area (Å²) in [5, 5.41) is 11.6. The summed E-state index contributed by atoms with van der Waals surface area (Å²) in [5.41, 5.74) is -0.863. The molecular formula is C31H61NO4. The highest BCUT2D eigenvalue weighted by Gasteiger charge is 2.44. The molecular weight excluding hydrogens is 450 g/mol. The number of nitrogens with zero attached hydrogens (tertiary/aromatic N) is 1. The first-order valence-electron chi connectivity index (χ1n) is 15.3. The van der Waals surface area contributed by atoms with Crippen molar-refractivity contribution in [3.8, 4) is 0 Å². The Morgan fingerprint density at radius 2 is 1.11 bits per heavy atom. The van der Waals surface area contributed by atoms with Crippen molar-refractivity contribution in [3.63, 3.8) is 0 Å². The number of hydroxylamine groups is 2. The lowest BCUT2D eigenvalue weighted by atomic mass is 9.82. The fraction of sp³-hybridized carbons (Fsp3) is 0.968. The first-order valence-corrected chi connectivity index (χ1v) is 15.3. The van der Waals surface area contributed by atoms with Crippen LogP contribution in [0.3, 0.4) is 0 Å². The van der Waals surface area contributed by atoms with Crippen molar-refractivity contribution in [3.05, 3.63) is 0 Å². The van der Waals surface area contributed by atoms with E-state index < -0.39 is 5.60 Å². The highest BCUT2D eigenvalue weighted by Crippen LogP contribution is 2.38. The van der Waals surface area contributed by atoms with Gasteiger partial charge in [0, 0.05) is 13.0 Å². The molecule has 1 aliphatic rings. The lowest BCUT2D eigenvalue weighted by Gasteiger charge is -2.50. The number of ether oxygens (including phenoxy) is 1. The molecule has 0 radical (unpaired) electrons. The number of piperidine rings is 1. The molecule has 1 fully saturated rings. The van der Waals surface area contributed by atoms with Crippen molar-refractivity contribution in [1.82, 2.24) is 5.06 Å². The Bertz CT molecular complexity index is 551. The van der Waals surface area contributed by atoms with Gasteiger partial charge in [0.15, 0.2) is 0 Å². The van der Waals surface area contributed by atoms with Crippen LogP contribution in [0.15, 0.2) is 0 Å². The van der Waals surface area contributed by atoms with Gasteiger partial charge in [0.05, 0.1) is 23.3 Å². The van der Waals surface area contributed by atoms with Crippen LogP contribution in [0.4, 0.5) is 0 Å². The number of unbranched alkanes of at least 4 members (excludes halogenated alkanes) is 14. The normalized spacial score (nSPS) is 17.9. The molecule has 1 heterocycles. The molecule has 0 atom stereocenters. The summed E-state index contributed by atoms with van der Waals surface area (Å²) in [4.78, 5) is 18.3. The lowest BCUT2D eigenvalue weighted by molar-refractivity contribution is -0.265. The number of hydrogen-bond donors (Lipinski definition) is 1. The van der Waals surface area contributed by atoms with E-state index in [2.05, 4.69) is 27.7 Å². The molecule has 0 bridgehead atoms. The average Bonchev–Trinajstić information content (AvgIpc) is 2.77. The van der Waals surface area contributed by atoms with Gasteiger partial charge in [-0.3, -0.25) is 4.79 Å². The van der Waals surface area contributed by atoms with E-state index in [1.165, 1.54) is 83.5 Å². The molecule has 0 saturated carbocycles. The van der Waals surface area contributed by atoms with Crippen LogP contribution in [0.1, 0.15) is 164 Å². The molecule has 0 aromatic heterocycles. The van der Waals surface area contributed by atoms with Gasteiger partial charge in [-0.05, 0) is 73.6 Å². The second-order valence-electron chi connectivity index (χ2n) is 13.2. The van der Waals surface area contributed by atoms with Gasteiger partial charge < -0.3 is 14.7 Å². The van der Waals surface area contributed by atoms with Crippen LogP contribution in [0.25, 0.3) is 0 Å². The predicted octanol–water partition coefficient (Wildman–Crippen LogP) is 8.52. The number of carbonyl (C=O) groups is 1. The summed E-state index contributed by atoms with van der Waals surface area (Å²) in [7, 11) is 0. The summed E-state index contributed by atoms with van der Waals surface area (Å²) < 4.78 is 5.49. The van der Waals surface area contributed by atoms with Crippen LogP contribution in [0.2, 0.25) is 0 Å². The summed E-state index contributed by atoms with van der Waals surface area (Å²) in [5.74, 6) is -0.0609. The van der Waals surface area contributed by atoms with Gasteiger partial charge in [-0.25, -0.2) is 0 Å². The number of rotatable bonds is 21. The van der Waals surface area contributed by atoms with Crippen LogP contribution >= 0.6 is 0 Å². The first kappa shape index (κ1) is 33.4. The molecule has 0 spiro atoms. The zero-order valence-corrected chi connectivity index (χ0v) is 25.0. The number of aliphatic hydroxyl groups is 1. The smallest absolute Gasteiger partial charge is 0.325 e. The van der Waals surface area contributed by atoms with Crippen LogP contribution in [-0.4, -0.2) is 46.0 Å². The molecule has 1 saturated heterocycles. The molecule has 0 aromatic rings. The van der Waals surface area contributed by atoms with Crippen LogP contribution < -0.4 is 0 Å². The Morgan fingerprint density at radius 1 is 0.722 bits per heavy atom. The number of hydrogen-bond acceptors (Lipinski definition) is 5. The van der Waals surface area contributed by atoms with Crippen molar-refractivity contribution in [2.45, 2.75) is 180 Å². The third kappa shape index (κ3) is 16.2. The Hall–Kier alpha value is -0.650. The van der Waals surface area contributed by atoms with Crippen molar-refractivity contribution in [2.24, 2.45) is 0 Å². The van der Waals surface area contributed by atoms with Crippen LogP contribution in [0.5, 0.6) is 0 Å². The van der Waals surface area contributed by atoms with E-state index in [-0.39, 0.29) is 17.0 Å². The fourth-order valence-electron chi connectivity index (χ4n) is 5.46. The molecule has 5 heteroatoms. The van der Waals surface area contributed by atoms with E-state index in [9.17, 15) is 9.90 Å². The van der Waals surface area contributed by atoms with E-state index in [1.54, 1.807) is 13.8 Å². The molecule has 36 heavy (non-hydrogen) atoms. The van der Waals surface area contributed by atoms with Gasteiger partial charge in [-0.15, -0.1) is 5.06 Å². The fourth-order valence-corrected chi connectivity index (χ4v) is 5.46. The largest absolute Gasteiger partial charge is 0.388 e. The maximum atomic E-state index is 12.4. The highest BCUT2D eigenvalue weighted by atomic mass is 16.7. The maximum absolute atomic E-state index is 12.4. The van der Waals surface area contributed by atoms with E-state index in [4.69, 9.17) is 9.57 Å². The molecule has 0 amide bonds. The minimum atomic E-state index is -0.709. The maximum Gasteiger partial charge on any atom is 0.325 e. The Morgan fingerprint density at radius 3 is 1.53 bits per heavy atom. The third-order valence-electron chi connectivity index (χ3n) is 7.49. The molecule has 1 rings (SSSR count). The van der Waals surface area contributed by atoms with E-state index >= 15 is 0 Å².